The number of halogens is 1. The van der Waals surface area contributed by atoms with Crippen LogP contribution in [0.5, 0.6) is 5.75 Å². The molecule has 0 bridgehead atoms. The quantitative estimate of drug-likeness (QED) is 0.805. The molecule has 5 nitrogen and oxygen atoms in total. The van der Waals surface area contributed by atoms with Crippen LogP contribution in [0.15, 0.2) is 60.0 Å². The normalized spacial score (nSPS) is 17.8. The van der Waals surface area contributed by atoms with Crippen molar-refractivity contribution in [2.24, 2.45) is 0 Å². The SMILES string of the molecule is CCOc1ccc(N(C(=O)c2ccccc2F)[C@H]2C=CS(=O)(=O)C2)cc1. The molecule has 136 valence electrons. The number of nitrogens with zero attached hydrogens (tertiary/aromatic N) is 1. The highest BCUT2D eigenvalue weighted by Gasteiger charge is 2.32. The van der Waals surface area contributed by atoms with E-state index in [-0.39, 0.29) is 11.3 Å². The predicted octanol–water partition coefficient (Wildman–Crippen LogP) is 3.18. The minimum atomic E-state index is -3.38. The van der Waals surface area contributed by atoms with Gasteiger partial charge in [-0.25, -0.2) is 12.8 Å². The second-order valence-electron chi connectivity index (χ2n) is 5.81. The lowest BCUT2D eigenvalue weighted by atomic mass is 10.1. The summed E-state index contributed by atoms with van der Waals surface area (Å²) in [7, 11) is -3.38. The summed E-state index contributed by atoms with van der Waals surface area (Å²) >= 11 is 0. The van der Waals surface area contributed by atoms with Crippen LogP contribution < -0.4 is 9.64 Å². The van der Waals surface area contributed by atoms with Gasteiger partial charge >= 0.3 is 0 Å². The van der Waals surface area contributed by atoms with Crippen molar-refractivity contribution >= 4 is 21.4 Å². The van der Waals surface area contributed by atoms with Gasteiger partial charge in [0, 0.05) is 11.1 Å². The van der Waals surface area contributed by atoms with Crippen LogP contribution in [0.4, 0.5) is 10.1 Å². The molecule has 0 fully saturated rings. The molecular weight excluding hydrogens is 357 g/mol. The molecule has 0 aromatic heterocycles. The Hall–Kier alpha value is -2.67. The molecule has 2 aromatic rings. The Labute approximate surface area is 151 Å². The Bertz CT molecular complexity index is 938. The molecule has 1 heterocycles. The number of anilines is 1. The molecule has 1 aliphatic heterocycles. The maximum absolute atomic E-state index is 14.1. The minimum absolute atomic E-state index is 0.112. The maximum atomic E-state index is 14.1. The summed E-state index contributed by atoms with van der Waals surface area (Å²) in [4.78, 5) is 14.3. The fourth-order valence-electron chi connectivity index (χ4n) is 2.81. The van der Waals surface area contributed by atoms with Crippen LogP contribution in [-0.4, -0.2) is 32.7 Å². The molecule has 0 N–H and O–H groups in total. The maximum Gasteiger partial charge on any atom is 0.261 e. The van der Waals surface area contributed by atoms with Crippen molar-refractivity contribution in [1.82, 2.24) is 0 Å². The zero-order valence-electron chi connectivity index (χ0n) is 14.1. The highest BCUT2D eigenvalue weighted by molar-refractivity contribution is 7.94. The zero-order chi connectivity index (χ0) is 18.7. The van der Waals surface area contributed by atoms with E-state index in [4.69, 9.17) is 4.74 Å². The third-order valence-corrected chi connectivity index (χ3v) is 5.37. The third kappa shape index (κ3) is 3.77. The molecule has 1 atom stereocenters. The van der Waals surface area contributed by atoms with Gasteiger partial charge in [0.25, 0.3) is 5.91 Å². The number of ether oxygens (including phenoxy) is 1. The molecule has 2 aromatic carbocycles. The fourth-order valence-corrected chi connectivity index (χ4v) is 4.08. The number of hydrogen-bond acceptors (Lipinski definition) is 4. The number of benzene rings is 2. The van der Waals surface area contributed by atoms with Crippen molar-refractivity contribution < 1.29 is 22.3 Å². The van der Waals surface area contributed by atoms with E-state index in [1.807, 2.05) is 6.92 Å². The largest absolute Gasteiger partial charge is 0.494 e. The molecule has 0 saturated heterocycles. The van der Waals surface area contributed by atoms with Crippen LogP contribution >= 0.6 is 0 Å². The molecule has 0 saturated carbocycles. The summed E-state index contributed by atoms with van der Waals surface area (Å²) < 4.78 is 43.2. The van der Waals surface area contributed by atoms with Crippen LogP contribution in [0.2, 0.25) is 0 Å². The average Bonchev–Trinajstić information content (AvgIpc) is 2.97. The first-order valence-corrected chi connectivity index (χ1v) is 9.85. The summed E-state index contributed by atoms with van der Waals surface area (Å²) in [6, 6.07) is 11.6. The summed E-state index contributed by atoms with van der Waals surface area (Å²) in [5.74, 6) is -0.859. The molecule has 1 amide bonds. The first-order valence-electron chi connectivity index (χ1n) is 8.13. The highest BCUT2D eigenvalue weighted by atomic mass is 32.2. The number of sulfone groups is 1. The number of hydrogen-bond donors (Lipinski definition) is 0. The predicted molar refractivity (Wildman–Crippen MR) is 97.5 cm³/mol. The Kier molecular flexibility index (Phi) is 5.08. The smallest absolute Gasteiger partial charge is 0.261 e. The van der Waals surface area contributed by atoms with Crippen LogP contribution in [-0.2, 0) is 9.84 Å². The van der Waals surface area contributed by atoms with E-state index in [9.17, 15) is 17.6 Å². The first-order chi connectivity index (χ1) is 12.4. The number of carbonyl (C=O) groups is 1. The van der Waals surface area contributed by atoms with E-state index in [0.717, 1.165) is 5.41 Å². The lowest BCUT2D eigenvalue weighted by Gasteiger charge is -2.28. The summed E-state index contributed by atoms with van der Waals surface area (Å²) in [6.45, 7) is 2.36. The fraction of sp³-hybridized carbons (Fsp3) is 0.211. The van der Waals surface area contributed by atoms with Gasteiger partial charge in [-0.1, -0.05) is 12.1 Å². The molecular formula is C19H18FNO4S. The van der Waals surface area contributed by atoms with Gasteiger partial charge in [0.05, 0.1) is 24.0 Å². The lowest BCUT2D eigenvalue weighted by molar-refractivity contribution is 0.0979. The van der Waals surface area contributed by atoms with Gasteiger partial charge in [-0.3, -0.25) is 4.79 Å². The third-order valence-electron chi connectivity index (χ3n) is 3.99. The van der Waals surface area contributed by atoms with Gasteiger partial charge in [-0.15, -0.1) is 0 Å². The van der Waals surface area contributed by atoms with Gasteiger partial charge in [0.2, 0.25) is 0 Å². The number of carbonyl (C=O) groups excluding carboxylic acids is 1. The van der Waals surface area contributed by atoms with Gasteiger partial charge in [-0.2, -0.15) is 0 Å². The van der Waals surface area contributed by atoms with Gasteiger partial charge in [-0.05, 0) is 49.4 Å². The minimum Gasteiger partial charge on any atom is -0.494 e. The Balaban J connectivity index is 2.01. The average molecular weight is 375 g/mol. The molecule has 0 radical (unpaired) electrons. The van der Waals surface area contributed by atoms with Crippen molar-refractivity contribution in [3.8, 4) is 5.75 Å². The van der Waals surface area contributed by atoms with Crippen molar-refractivity contribution in [3.63, 3.8) is 0 Å². The molecule has 26 heavy (non-hydrogen) atoms. The zero-order valence-corrected chi connectivity index (χ0v) is 14.9. The van der Waals surface area contributed by atoms with Crippen LogP contribution in [0.25, 0.3) is 0 Å². The van der Waals surface area contributed by atoms with Crippen molar-refractivity contribution in [3.05, 3.63) is 71.4 Å². The highest BCUT2D eigenvalue weighted by Crippen LogP contribution is 2.27. The first kappa shape index (κ1) is 18.1. The number of amides is 1. The molecule has 0 aliphatic carbocycles. The van der Waals surface area contributed by atoms with E-state index >= 15 is 0 Å². The summed E-state index contributed by atoms with van der Waals surface area (Å²) in [5, 5.41) is 1.09. The monoisotopic (exact) mass is 375 g/mol. The number of rotatable bonds is 5. The van der Waals surface area contributed by atoms with Gasteiger partial charge in [0.15, 0.2) is 9.84 Å². The van der Waals surface area contributed by atoms with Crippen LogP contribution in [0.3, 0.4) is 0 Å². The standard InChI is InChI=1S/C19H18FNO4S/c1-2-25-16-9-7-14(8-10-16)21(15-11-12-26(23,24)13-15)19(22)17-5-3-4-6-18(17)20/h3-12,15H,2,13H2,1H3/t15-/m0/s1. The van der Waals surface area contributed by atoms with Crippen molar-refractivity contribution in [2.45, 2.75) is 13.0 Å². The van der Waals surface area contributed by atoms with Crippen molar-refractivity contribution in [1.29, 1.82) is 0 Å². The molecule has 7 heteroatoms. The molecule has 0 spiro atoms. The van der Waals surface area contributed by atoms with Gasteiger partial charge < -0.3 is 9.64 Å². The second-order valence-corrected chi connectivity index (χ2v) is 7.74. The van der Waals surface area contributed by atoms with E-state index in [1.165, 1.54) is 29.2 Å². The molecule has 0 unspecified atom stereocenters. The summed E-state index contributed by atoms with van der Waals surface area (Å²) in [5.41, 5.74) is 0.354. The second kappa shape index (κ2) is 7.29. The Morgan fingerprint density at radius 3 is 2.46 bits per heavy atom. The van der Waals surface area contributed by atoms with Crippen LogP contribution in [0.1, 0.15) is 17.3 Å². The van der Waals surface area contributed by atoms with E-state index in [0.29, 0.717) is 18.0 Å². The molecule has 3 rings (SSSR count). The lowest BCUT2D eigenvalue weighted by Crippen LogP contribution is -2.41. The van der Waals surface area contributed by atoms with E-state index in [2.05, 4.69) is 0 Å². The van der Waals surface area contributed by atoms with Gasteiger partial charge in [0.1, 0.15) is 11.6 Å². The van der Waals surface area contributed by atoms with Crippen molar-refractivity contribution in [2.75, 3.05) is 17.3 Å². The van der Waals surface area contributed by atoms with Crippen LogP contribution in [0, 0.1) is 5.82 Å². The summed E-state index contributed by atoms with van der Waals surface area (Å²) in [6.07, 6.45) is 1.45. The Morgan fingerprint density at radius 2 is 1.88 bits per heavy atom. The Morgan fingerprint density at radius 1 is 1.19 bits per heavy atom. The molecule has 1 aliphatic rings. The van der Waals surface area contributed by atoms with E-state index in [1.54, 1.807) is 30.3 Å². The van der Waals surface area contributed by atoms with E-state index < -0.39 is 27.6 Å². The topological polar surface area (TPSA) is 63.7 Å².